The minimum atomic E-state index is 0.0825. The Bertz CT molecular complexity index is 856. The van der Waals surface area contributed by atoms with Crippen molar-refractivity contribution in [1.29, 1.82) is 0 Å². The Morgan fingerprint density at radius 3 is 2.88 bits per heavy atom. The first-order chi connectivity index (χ1) is 12.0. The molecule has 0 saturated carbocycles. The number of hydrogen-bond acceptors (Lipinski definition) is 4. The Hall–Kier alpha value is -3.08. The lowest BCUT2D eigenvalue weighted by molar-refractivity contribution is 0.554. The van der Waals surface area contributed by atoms with Crippen LogP contribution in [-0.2, 0) is 7.05 Å². The molecule has 1 aromatic carbocycles. The normalized spacial score (nSPS) is 20.6. The molecular formula is C20H23N5. The monoisotopic (exact) mass is 333 g/mol. The van der Waals surface area contributed by atoms with Crippen molar-refractivity contribution >= 4 is 11.5 Å². The highest BCUT2D eigenvalue weighted by Crippen LogP contribution is 2.23. The van der Waals surface area contributed by atoms with E-state index in [-0.39, 0.29) is 6.04 Å². The Kier molecular flexibility index (Phi) is 4.84. The number of aryl methyl sites for hydroxylation is 2. The molecule has 0 bridgehead atoms. The van der Waals surface area contributed by atoms with Crippen molar-refractivity contribution in [2.45, 2.75) is 19.4 Å². The van der Waals surface area contributed by atoms with Crippen LogP contribution in [0, 0.1) is 6.92 Å². The van der Waals surface area contributed by atoms with E-state index in [0.29, 0.717) is 5.84 Å². The van der Waals surface area contributed by atoms with Gasteiger partial charge < -0.3 is 10.7 Å². The second kappa shape index (κ2) is 7.21. The number of hydrogen-bond donors (Lipinski definition) is 2. The molecule has 5 heteroatoms. The molecule has 0 fully saturated rings. The molecule has 0 saturated heterocycles. The number of allylic oxidation sites excluding steroid dienone is 1. The van der Waals surface area contributed by atoms with Gasteiger partial charge in [0.25, 0.3) is 0 Å². The number of nitrogens with zero attached hydrogens (tertiary/aromatic N) is 3. The quantitative estimate of drug-likeness (QED) is 0.904. The molecule has 2 N–H and O–H groups in total. The maximum Gasteiger partial charge on any atom is 0.150 e. The zero-order chi connectivity index (χ0) is 17.8. The van der Waals surface area contributed by atoms with Crippen LogP contribution >= 0.6 is 0 Å². The van der Waals surface area contributed by atoms with Gasteiger partial charge in [-0.1, -0.05) is 54.6 Å². The molecule has 1 aromatic heterocycles. The summed E-state index contributed by atoms with van der Waals surface area (Å²) in [6.07, 6.45) is 6.45. The van der Waals surface area contributed by atoms with Gasteiger partial charge in [-0.15, -0.1) is 0 Å². The third kappa shape index (κ3) is 4.07. The second-order valence-corrected chi connectivity index (χ2v) is 6.23. The number of rotatable bonds is 3. The number of nitrogens with one attached hydrogen (secondary N) is 2. The van der Waals surface area contributed by atoms with Gasteiger partial charge in [-0.05, 0) is 31.1 Å². The summed E-state index contributed by atoms with van der Waals surface area (Å²) in [7, 11) is 1.88. The van der Waals surface area contributed by atoms with Crippen LogP contribution in [-0.4, -0.2) is 15.6 Å². The van der Waals surface area contributed by atoms with Crippen molar-refractivity contribution in [2.75, 3.05) is 0 Å². The molecule has 5 nitrogen and oxygen atoms in total. The topological polar surface area (TPSA) is 54.2 Å². The fourth-order valence-corrected chi connectivity index (χ4v) is 2.79. The van der Waals surface area contributed by atoms with Gasteiger partial charge in [-0.2, -0.15) is 10.2 Å². The summed E-state index contributed by atoms with van der Waals surface area (Å²) in [5, 5.41) is 11.9. The first-order valence-corrected chi connectivity index (χ1v) is 8.23. The van der Waals surface area contributed by atoms with Crippen LogP contribution in [0.2, 0.25) is 0 Å². The Labute approximate surface area is 148 Å². The highest BCUT2D eigenvalue weighted by Gasteiger charge is 2.14. The molecule has 0 radical (unpaired) electrons. The summed E-state index contributed by atoms with van der Waals surface area (Å²) in [5.74, 6) is 0.685. The van der Waals surface area contributed by atoms with Crippen molar-refractivity contribution < 1.29 is 0 Å². The van der Waals surface area contributed by atoms with Crippen molar-refractivity contribution in [3.8, 4) is 0 Å². The van der Waals surface area contributed by atoms with Gasteiger partial charge in [0.1, 0.15) is 5.84 Å². The summed E-state index contributed by atoms with van der Waals surface area (Å²) in [4.78, 5) is 0. The lowest BCUT2D eigenvalue weighted by Gasteiger charge is -2.21. The largest absolute Gasteiger partial charge is 0.338 e. The average Bonchev–Trinajstić information content (AvgIpc) is 3.00. The van der Waals surface area contributed by atoms with Crippen LogP contribution < -0.4 is 10.7 Å². The first kappa shape index (κ1) is 16.8. The molecule has 0 spiro atoms. The summed E-state index contributed by atoms with van der Waals surface area (Å²) in [6.45, 7) is 10.3. The van der Waals surface area contributed by atoms with E-state index in [2.05, 4.69) is 65.3 Å². The molecular weight excluding hydrogens is 310 g/mol. The fraction of sp³-hybridized carbons (Fsp3) is 0.200. The van der Waals surface area contributed by atoms with Gasteiger partial charge in [-0.3, -0.25) is 4.68 Å². The van der Waals surface area contributed by atoms with Crippen LogP contribution in [0.5, 0.6) is 0 Å². The Balaban J connectivity index is 1.79. The van der Waals surface area contributed by atoms with E-state index in [0.717, 1.165) is 23.4 Å². The van der Waals surface area contributed by atoms with E-state index in [1.165, 1.54) is 11.1 Å². The minimum Gasteiger partial charge on any atom is -0.338 e. The molecule has 1 aliphatic heterocycles. The second-order valence-electron chi connectivity index (χ2n) is 6.23. The number of amidine groups is 1. The molecule has 2 aromatic rings. The highest BCUT2D eigenvalue weighted by molar-refractivity contribution is 5.98. The van der Waals surface area contributed by atoms with Crippen molar-refractivity contribution in [3.05, 3.63) is 84.2 Å². The van der Waals surface area contributed by atoms with E-state index < -0.39 is 0 Å². The van der Waals surface area contributed by atoms with Crippen molar-refractivity contribution in [3.63, 3.8) is 0 Å². The van der Waals surface area contributed by atoms with E-state index in [1.807, 2.05) is 25.3 Å². The van der Waals surface area contributed by atoms with Gasteiger partial charge in [-0.25, -0.2) is 0 Å². The van der Waals surface area contributed by atoms with Gasteiger partial charge in [0.05, 0.1) is 17.4 Å². The Morgan fingerprint density at radius 1 is 1.32 bits per heavy atom. The highest BCUT2D eigenvalue weighted by atomic mass is 15.3. The predicted octanol–water partition coefficient (Wildman–Crippen LogP) is 3.45. The molecule has 3 rings (SSSR count). The van der Waals surface area contributed by atoms with Crippen LogP contribution in [0.1, 0.15) is 29.3 Å². The molecule has 128 valence electrons. The standard InChI is InChI=1S/C20H23N5/c1-14-6-5-7-17(12-14)18-13-15(2)8-9-20(24-23-18)22-16(3)19-10-11-21-25(19)4/h5-12,18,23H,2-3,13H2,1,4H3,(H,22,24)/b9-8-. The van der Waals surface area contributed by atoms with Crippen molar-refractivity contribution in [1.82, 2.24) is 20.5 Å². The molecule has 1 unspecified atom stereocenters. The van der Waals surface area contributed by atoms with Gasteiger partial charge in [0, 0.05) is 13.2 Å². The average molecular weight is 333 g/mol. The number of benzene rings is 1. The number of aromatic nitrogens is 2. The summed E-state index contributed by atoms with van der Waals surface area (Å²) in [5.41, 5.74) is 8.38. The van der Waals surface area contributed by atoms with Gasteiger partial charge >= 0.3 is 0 Å². The van der Waals surface area contributed by atoms with Gasteiger partial charge in [0.2, 0.25) is 0 Å². The van der Waals surface area contributed by atoms with Crippen LogP contribution in [0.15, 0.2) is 72.5 Å². The van der Waals surface area contributed by atoms with E-state index in [4.69, 9.17) is 0 Å². The predicted molar refractivity (Wildman–Crippen MR) is 103 cm³/mol. The summed E-state index contributed by atoms with van der Waals surface area (Å²) in [6, 6.07) is 10.4. The maximum atomic E-state index is 4.52. The molecule has 2 heterocycles. The summed E-state index contributed by atoms with van der Waals surface area (Å²) >= 11 is 0. The smallest absolute Gasteiger partial charge is 0.150 e. The zero-order valence-corrected chi connectivity index (χ0v) is 14.7. The van der Waals surface area contributed by atoms with Crippen LogP contribution in [0.4, 0.5) is 0 Å². The lowest BCUT2D eigenvalue weighted by atomic mass is 9.98. The Morgan fingerprint density at radius 2 is 2.16 bits per heavy atom. The lowest BCUT2D eigenvalue weighted by Crippen LogP contribution is -2.27. The number of hydrazone groups is 1. The van der Waals surface area contributed by atoms with Crippen molar-refractivity contribution in [2.24, 2.45) is 12.1 Å². The molecule has 1 atom stereocenters. The molecule has 1 aliphatic rings. The van der Waals surface area contributed by atoms with E-state index >= 15 is 0 Å². The van der Waals surface area contributed by atoms with Crippen LogP contribution in [0.3, 0.4) is 0 Å². The van der Waals surface area contributed by atoms with E-state index in [9.17, 15) is 0 Å². The molecule has 25 heavy (non-hydrogen) atoms. The SMILES string of the molecule is C=C1/C=C\C(NC(=C)c2ccnn2C)=N/NC(c2cccc(C)c2)C1. The fourth-order valence-electron chi connectivity index (χ4n) is 2.79. The minimum absolute atomic E-state index is 0.0825. The maximum absolute atomic E-state index is 4.52. The zero-order valence-electron chi connectivity index (χ0n) is 14.7. The van der Waals surface area contributed by atoms with Gasteiger partial charge in [0.15, 0.2) is 0 Å². The van der Waals surface area contributed by atoms with Crippen LogP contribution in [0.25, 0.3) is 5.70 Å². The third-order valence-corrected chi connectivity index (χ3v) is 4.14. The molecule has 0 aliphatic carbocycles. The molecule has 0 amide bonds. The third-order valence-electron chi connectivity index (χ3n) is 4.14. The van der Waals surface area contributed by atoms with E-state index in [1.54, 1.807) is 10.9 Å². The summed E-state index contributed by atoms with van der Waals surface area (Å²) < 4.78 is 1.77. The first-order valence-electron chi connectivity index (χ1n) is 8.23.